The first kappa shape index (κ1) is 13.4. The van der Waals surface area contributed by atoms with E-state index in [0.29, 0.717) is 27.6 Å². The van der Waals surface area contributed by atoms with Gasteiger partial charge in [0.25, 0.3) is 0 Å². The fourth-order valence-electron chi connectivity index (χ4n) is 1.54. The zero-order valence-electron chi connectivity index (χ0n) is 10.1. The Balaban J connectivity index is 1.72. The number of hydrogen-bond donors (Lipinski definition) is 1. The lowest BCUT2D eigenvalue weighted by molar-refractivity contribution is 0.391. The SMILES string of the molecule is Nc1ncc(SCc2nc(-c3ccccc3Cl)no2)s1. The molecule has 3 aromatic rings. The van der Waals surface area contributed by atoms with Crippen molar-refractivity contribution in [3.63, 3.8) is 0 Å². The summed E-state index contributed by atoms with van der Waals surface area (Å²) in [6.45, 7) is 0. The van der Waals surface area contributed by atoms with E-state index >= 15 is 0 Å². The van der Waals surface area contributed by atoms with Crippen molar-refractivity contribution in [2.45, 2.75) is 9.96 Å². The quantitative estimate of drug-likeness (QED) is 0.737. The van der Waals surface area contributed by atoms with Crippen molar-refractivity contribution in [2.75, 3.05) is 5.73 Å². The maximum atomic E-state index is 6.10. The molecule has 5 nitrogen and oxygen atoms in total. The van der Waals surface area contributed by atoms with Crippen molar-refractivity contribution in [2.24, 2.45) is 0 Å². The summed E-state index contributed by atoms with van der Waals surface area (Å²) >= 11 is 9.08. The second-order valence-electron chi connectivity index (χ2n) is 3.80. The first-order valence-electron chi connectivity index (χ1n) is 5.64. The average molecular weight is 325 g/mol. The topological polar surface area (TPSA) is 77.8 Å². The van der Waals surface area contributed by atoms with Crippen molar-refractivity contribution in [3.05, 3.63) is 41.4 Å². The van der Waals surface area contributed by atoms with Gasteiger partial charge in [0.2, 0.25) is 11.7 Å². The van der Waals surface area contributed by atoms with Crippen molar-refractivity contribution < 1.29 is 4.52 Å². The summed E-state index contributed by atoms with van der Waals surface area (Å²) in [4.78, 5) is 8.32. The Labute approximate surface area is 128 Å². The van der Waals surface area contributed by atoms with Crippen LogP contribution in [0, 0.1) is 0 Å². The van der Waals surface area contributed by atoms with Crippen LogP contribution in [0.5, 0.6) is 0 Å². The molecule has 0 radical (unpaired) electrons. The van der Waals surface area contributed by atoms with E-state index in [1.54, 1.807) is 24.0 Å². The minimum Gasteiger partial charge on any atom is -0.375 e. The van der Waals surface area contributed by atoms with Crippen LogP contribution in [-0.2, 0) is 5.75 Å². The highest BCUT2D eigenvalue weighted by Gasteiger charge is 2.12. The molecule has 102 valence electrons. The molecular formula is C12H9ClN4OS2. The lowest BCUT2D eigenvalue weighted by Gasteiger charge is -1.96. The van der Waals surface area contributed by atoms with Crippen LogP contribution in [-0.4, -0.2) is 15.1 Å². The molecule has 0 spiro atoms. The van der Waals surface area contributed by atoms with Crippen LogP contribution in [0.15, 0.2) is 39.2 Å². The molecule has 0 fully saturated rings. The maximum absolute atomic E-state index is 6.10. The fraction of sp³-hybridized carbons (Fsp3) is 0.0833. The molecule has 8 heteroatoms. The van der Waals surface area contributed by atoms with Gasteiger partial charge in [-0.15, -0.1) is 11.8 Å². The van der Waals surface area contributed by atoms with Crippen molar-refractivity contribution in [3.8, 4) is 11.4 Å². The Kier molecular flexibility index (Phi) is 3.90. The van der Waals surface area contributed by atoms with Crippen molar-refractivity contribution in [1.82, 2.24) is 15.1 Å². The van der Waals surface area contributed by atoms with E-state index < -0.39 is 0 Å². The maximum Gasteiger partial charge on any atom is 0.237 e. The van der Waals surface area contributed by atoms with Gasteiger partial charge in [-0.2, -0.15) is 4.98 Å². The largest absolute Gasteiger partial charge is 0.375 e. The highest BCUT2D eigenvalue weighted by Crippen LogP contribution is 2.30. The average Bonchev–Trinajstić information content (AvgIpc) is 3.06. The fourth-order valence-corrected chi connectivity index (χ4v) is 3.35. The van der Waals surface area contributed by atoms with E-state index in [2.05, 4.69) is 15.1 Å². The third-order valence-corrected chi connectivity index (χ3v) is 4.76. The van der Waals surface area contributed by atoms with Gasteiger partial charge in [0.1, 0.15) is 0 Å². The molecule has 0 bridgehead atoms. The molecule has 20 heavy (non-hydrogen) atoms. The predicted octanol–water partition coefficient (Wildman–Crippen LogP) is 3.72. The third kappa shape index (κ3) is 2.95. The van der Waals surface area contributed by atoms with Gasteiger partial charge in [0.15, 0.2) is 5.13 Å². The molecule has 0 aliphatic rings. The number of benzene rings is 1. The minimum absolute atomic E-state index is 0.495. The second kappa shape index (κ2) is 5.82. The molecule has 2 heterocycles. The number of nitrogen functional groups attached to an aromatic ring is 1. The van der Waals surface area contributed by atoms with Gasteiger partial charge in [-0.1, -0.05) is 40.2 Å². The van der Waals surface area contributed by atoms with E-state index in [-0.39, 0.29) is 0 Å². The second-order valence-corrected chi connectivity index (χ2v) is 6.54. The van der Waals surface area contributed by atoms with E-state index in [1.807, 2.05) is 18.2 Å². The normalized spacial score (nSPS) is 10.8. The van der Waals surface area contributed by atoms with Gasteiger partial charge >= 0.3 is 0 Å². The molecule has 0 aliphatic heterocycles. The third-order valence-electron chi connectivity index (χ3n) is 2.42. The zero-order chi connectivity index (χ0) is 13.9. The molecule has 2 aromatic heterocycles. The molecule has 0 unspecified atom stereocenters. The number of rotatable bonds is 4. The molecule has 0 saturated heterocycles. The summed E-state index contributed by atoms with van der Waals surface area (Å²) in [6.07, 6.45) is 1.73. The summed E-state index contributed by atoms with van der Waals surface area (Å²) < 4.78 is 6.23. The van der Waals surface area contributed by atoms with Crippen molar-refractivity contribution in [1.29, 1.82) is 0 Å². The number of thiazole rings is 1. The number of nitrogens with zero attached hydrogens (tertiary/aromatic N) is 3. The zero-order valence-corrected chi connectivity index (χ0v) is 12.5. The van der Waals surface area contributed by atoms with Gasteiger partial charge in [0.05, 0.1) is 21.2 Å². The number of halogens is 1. The first-order chi connectivity index (χ1) is 9.72. The van der Waals surface area contributed by atoms with E-state index in [4.69, 9.17) is 21.9 Å². The lowest BCUT2D eigenvalue weighted by atomic mass is 10.2. The highest BCUT2D eigenvalue weighted by molar-refractivity contribution is 8.00. The van der Waals surface area contributed by atoms with Crippen LogP contribution in [0.1, 0.15) is 5.89 Å². The van der Waals surface area contributed by atoms with Crippen LogP contribution in [0.4, 0.5) is 5.13 Å². The number of thioether (sulfide) groups is 1. The monoisotopic (exact) mass is 324 g/mol. The first-order valence-corrected chi connectivity index (χ1v) is 7.82. The molecule has 2 N–H and O–H groups in total. The predicted molar refractivity (Wildman–Crippen MR) is 80.8 cm³/mol. The van der Waals surface area contributed by atoms with Crippen LogP contribution < -0.4 is 5.73 Å². The van der Waals surface area contributed by atoms with Crippen LogP contribution >= 0.6 is 34.7 Å². The Bertz CT molecular complexity index is 728. The summed E-state index contributed by atoms with van der Waals surface area (Å²) in [7, 11) is 0. The van der Waals surface area contributed by atoms with Crippen LogP contribution in [0.25, 0.3) is 11.4 Å². The van der Waals surface area contributed by atoms with E-state index in [0.717, 1.165) is 9.77 Å². The Morgan fingerprint density at radius 2 is 2.20 bits per heavy atom. The van der Waals surface area contributed by atoms with Crippen LogP contribution in [0.2, 0.25) is 5.02 Å². The Morgan fingerprint density at radius 3 is 2.95 bits per heavy atom. The summed E-state index contributed by atoms with van der Waals surface area (Å²) in [5.74, 6) is 1.60. The standard InChI is InChI=1S/C12H9ClN4OS2/c13-8-4-2-1-3-7(8)11-16-9(18-17-11)6-19-10-5-15-12(14)20-10/h1-5H,6H2,(H2,14,15). The highest BCUT2D eigenvalue weighted by atomic mass is 35.5. The van der Waals surface area contributed by atoms with Gasteiger partial charge in [-0.3, -0.25) is 0 Å². The van der Waals surface area contributed by atoms with E-state index in [9.17, 15) is 0 Å². The number of nitrogens with two attached hydrogens (primary N) is 1. The van der Waals surface area contributed by atoms with Crippen LogP contribution in [0.3, 0.4) is 0 Å². The molecule has 0 aliphatic carbocycles. The molecule has 0 amide bonds. The Hall–Kier alpha value is -1.57. The van der Waals surface area contributed by atoms with Gasteiger partial charge < -0.3 is 10.3 Å². The molecular weight excluding hydrogens is 316 g/mol. The summed E-state index contributed by atoms with van der Waals surface area (Å²) in [5, 5.41) is 5.09. The molecule has 3 rings (SSSR count). The number of anilines is 1. The molecule has 1 aromatic carbocycles. The smallest absolute Gasteiger partial charge is 0.237 e. The molecule has 0 saturated carbocycles. The summed E-state index contributed by atoms with van der Waals surface area (Å²) in [5.41, 5.74) is 6.33. The van der Waals surface area contributed by atoms with Gasteiger partial charge in [-0.25, -0.2) is 4.98 Å². The number of aromatic nitrogens is 3. The van der Waals surface area contributed by atoms with Crippen molar-refractivity contribution >= 4 is 39.8 Å². The Morgan fingerprint density at radius 1 is 1.35 bits per heavy atom. The van der Waals surface area contributed by atoms with E-state index in [1.165, 1.54) is 11.3 Å². The van der Waals surface area contributed by atoms with Gasteiger partial charge in [0, 0.05) is 5.56 Å². The summed E-state index contributed by atoms with van der Waals surface area (Å²) in [6, 6.07) is 7.39. The minimum atomic E-state index is 0.495. The van der Waals surface area contributed by atoms with Gasteiger partial charge in [-0.05, 0) is 12.1 Å². The molecule has 0 atom stereocenters. The number of hydrogen-bond acceptors (Lipinski definition) is 7. The lowest BCUT2D eigenvalue weighted by Crippen LogP contribution is -1.83.